The molecule has 6 heteroatoms. The molecule has 20 heavy (non-hydrogen) atoms. The van der Waals surface area contributed by atoms with Crippen LogP contribution >= 0.6 is 0 Å². The first-order chi connectivity index (χ1) is 9.47. The van der Waals surface area contributed by atoms with E-state index < -0.39 is 24.4 Å². The number of carbonyl (C=O) groups excluding carboxylic acids is 1. The Bertz CT molecular complexity index is 334. The van der Waals surface area contributed by atoms with Crippen LogP contribution in [0.1, 0.15) is 38.5 Å². The normalized spacial score (nSPS) is 42.2. The fourth-order valence-corrected chi connectivity index (χ4v) is 3.03. The second kappa shape index (κ2) is 6.85. The smallest absolute Gasteiger partial charge is 0.309 e. The number of rotatable bonds is 3. The van der Waals surface area contributed by atoms with Gasteiger partial charge in [0.25, 0.3) is 0 Å². The molecule has 0 aromatic rings. The van der Waals surface area contributed by atoms with Crippen molar-refractivity contribution >= 4 is 5.97 Å². The van der Waals surface area contributed by atoms with Crippen molar-refractivity contribution in [3.05, 3.63) is 0 Å². The number of aliphatic hydroxyl groups is 4. The van der Waals surface area contributed by atoms with Crippen LogP contribution in [0.4, 0.5) is 0 Å². The van der Waals surface area contributed by atoms with E-state index in [2.05, 4.69) is 0 Å². The summed E-state index contributed by atoms with van der Waals surface area (Å²) in [6, 6.07) is 0. The maximum absolute atomic E-state index is 11.9. The van der Waals surface area contributed by atoms with Crippen molar-refractivity contribution in [2.75, 3.05) is 6.61 Å². The highest BCUT2D eigenvalue weighted by Gasteiger charge is 2.33. The topological polar surface area (TPSA) is 107 Å². The summed E-state index contributed by atoms with van der Waals surface area (Å²) in [5.74, 6) is -0.611. The molecule has 0 aromatic carbocycles. The lowest BCUT2D eigenvalue weighted by Gasteiger charge is -2.31. The highest BCUT2D eigenvalue weighted by atomic mass is 16.5. The zero-order chi connectivity index (χ0) is 14.7. The Kier molecular flexibility index (Phi) is 5.37. The summed E-state index contributed by atoms with van der Waals surface area (Å²) in [6.07, 6.45) is -0.113. The van der Waals surface area contributed by atoms with Crippen molar-refractivity contribution in [1.29, 1.82) is 0 Å². The molecule has 2 rings (SSSR count). The fraction of sp³-hybridized carbons (Fsp3) is 0.929. The predicted molar refractivity (Wildman–Crippen MR) is 69.7 cm³/mol. The molecule has 2 aliphatic rings. The van der Waals surface area contributed by atoms with Crippen molar-refractivity contribution < 1.29 is 30.0 Å². The highest BCUT2D eigenvalue weighted by molar-refractivity contribution is 5.72. The minimum atomic E-state index is -0.854. The Hall–Kier alpha value is -0.690. The van der Waals surface area contributed by atoms with Crippen molar-refractivity contribution in [1.82, 2.24) is 0 Å². The third-order valence-corrected chi connectivity index (χ3v) is 4.47. The Morgan fingerprint density at radius 3 is 2.05 bits per heavy atom. The summed E-state index contributed by atoms with van der Waals surface area (Å²) in [5, 5.41) is 38.0. The molecule has 2 fully saturated rings. The lowest BCUT2D eigenvalue weighted by Crippen LogP contribution is -2.38. The molecular weight excluding hydrogens is 264 g/mol. The van der Waals surface area contributed by atoms with E-state index in [0.717, 1.165) is 6.42 Å². The highest BCUT2D eigenvalue weighted by Crippen LogP contribution is 2.28. The van der Waals surface area contributed by atoms with Crippen LogP contribution in [0.5, 0.6) is 0 Å². The maximum Gasteiger partial charge on any atom is 0.309 e. The Balaban J connectivity index is 1.72. The number of carbonyl (C=O) groups is 1. The number of esters is 1. The molecule has 0 aromatic heterocycles. The van der Waals surface area contributed by atoms with Gasteiger partial charge in [-0.15, -0.1) is 0 Å². The fourth-order valence-electron chi connectivity index (χ4n) is 3.03. The summed E-state index contributed by atoms with van der Waals surface area (Å²) < 4.78 is 5.26. The van der Waals surface area contributed by atoms with E-state index in [-0.39, 0.29) is 30.8 Å². The minimum absolute atomic E-state index is 0.0801. The van der Waals surface area contributed by atoms with Crippen LogP contribution in [0, 0.1) is 11.8 Å². The molecule has 6 unspecified atom stereocenters. The van der Waals surface area contributed by atoms with Crippen LogP contribution in [0.2, 0.25) is 0 Å². The molecule has 0 radical (unpaired) electrons. The average Bonchev–Trinajstić information content (AvgIpc) is 2.43. The lowest BCUT2D eigenvalue weighted by molar-refractivity contribution is -0.155. The first kappa shape index (κ1) is 15.7. The average molecular weight is 288 g/mol. The van der Waals surface area contributed by atoms with Crippen molar-refractivity contribution in [2.24, 2.45) is 11.8 Å². The third-order valence-electron chi connectivity index (χ3n) is 4.47. The van der Waals surface area contributed by atoms with E-state index in [1.54, 1.807) is 0 Å². The van der Waals surface area contributed by atoms with E-state index in [1.165, 1.54) is 0 Å². The first-order valence-electron chi connectivity index (χ1n) is 7.36. The molecule has 0 aliphatic heterocycles. The second-order valence-corrected chi connectivity index (χ2v) is 6.09. The first-order valence-corrected chi connectivity index (χ1v) is 7.36. The van der Waals surface area contributed by atoms with E-state index in [1.807, 2.05) is 0 Å². The van der Waals surface area contributed by atoms with Gasteiger partial charge in [0.2, 0.25) is 0 Å². The summed E-state index contributed by atoms with van der Waals surface area (Å²) in [4.78, 5) is 11.9. The SMILES string of the molecule is O=C(OCC1CCC(O)C(O)C1)C1CCC(O)C(O)C1. The van der Waals surface area contributed by atoms with Gasteiger partial charge in [-0.3, -0.25) is 4.79 Å². The van der Waals surface area contributed by atoms with Gasteiger partial charge >= 0.3 is 5.97 Å². The molecule has 4 N–H and O–H groups in total. The number of ether oxygens (including phenoxy) is 1. The van der Waals surface area contributed by atoms with E-state index in [0.29, 0.717) is 25.7 Å². The van der Waals surface area contributed by atoms with Gasteiger partial charge in [0, 0.05) is 0 Å². The molecule has 0 amide bonds. The molecule has 0 heterocycles. The Morgan fingerprint density at radius 2 is 1.45 bits per heavy atom. The van der Waals surface area contributed by atoms with E-state index in [4.69, 9.17) is 4.74 Å². The largest absolute Gasteiger partial charge is 0.465 e. The maximum atomic E-state index is 11.9. The zero-order valence-corrected chi connectivity index (χ0v) is 11.5. The molecule has 2 aliphatic carbocycles. The zero-order valence-electron chi connectivity index (χ0n) is 11.5. The van der Waals surface area contributed by atoms with Crippen LogP contribution in [0.25, 0.3) is 0 Å². The molecular formula is C14H24O6. The van der Waals surface area contributed by atoms with Crippen molar-refractivity contribution in [3.8, 4) is 0 Å². The summed E-state index contributed by atoms with van der Waals surface area (Å²) in [5.41, 5.74) is 0. The van der Waals surface area contributed by atoms with Crippen LogP contribution in [-0.2, 0) is 9.53 Å². The van der Waals surface area contributed by atoms with Crippen LogP contribution in [-0.4, -0.2) is 57.4 Å². The molecule has 2 saturated carbocycles. The monoisotopic (exact) mass is 288 g/mol. The Morgan fingerprint density at radius 1 is 0.850 bits per heavy atom. The van der Waals surface area contributed by atoms with Gasteiger partial charge < -0.3 is 25.2 Å². The van der Waals surface area contributed by atoms with Gasteiger partial charge in [-0.1, -0.05) is 0 Å². The Labute approximate surface area is 118 Å². The number of aliphatic hydroxyl groups excluding tert-OH is 4. The molecule has 0 saturated heterocycles. The molecule has 0 spiro atoms. The van der Waals surface area contributed by atoms with Crippen LogP contribution in [0.3, 0.4) is 0 Å². The van der Waals surface area contributed by atoms with Crippen molar-refractivity contribution in [2.45, 2.75) is 62.9 Å². The van der Waals surface area contributed by atoms with E-state index >= 15 is 0 Å². The number of hydrogen-bond donors (Lipinski definition) is 4. The predicted octanol–water partition coefficient (Wildman–Crippen LogP) is -0.427. The van der Waals surface area contributed by atoms with E-state index in [9.17, 15) is 25.2 Å². The third kappa shape index (κ3) is 3.91. The van der Waals surface area contributed by atoms with Gasteiger partial charge in [0.05, 0.1) is 36.9 Å². The summed E-state index contributed by atoms with van der Waals surface area (Å²) in [7, 11) is 0. The van der Waals surface area contributed by atoms with Gasteiger partial charge in [0.1, 0.15) is 0 Å². The molecule has 116 valence electrons. The summed E-state index contributed by atoms with van der Waals surface area (Å²) >= 11 is 0. The van der Waals surface area contributed by atoms with Gasteiger partial charge in [-0.05, 0) is 44.4 Å². The van der Waals surface area contributed by atoms with Crippen molar-refractivity contribution in [3.63, 3.8) is 0 Å². The lowest BCUT2D eigenvalue weighted by atomic mass is 9.85. The quantitative estimate of drug-likeness (QED) is 0.525. The van der Waals surface area contributed by atoms with Gasteiger partial charge in [0.15, 0.2) is 0 Å². The standard InChI is InChI=1S/C14H24O6/c15-10-3-1-8(5-12(10)17)7-20-14(19)9-2-4-11(16)13(18)6-9/h8-13,15-18H,1-7H2. The minimum Gasteiger partial charge on any atom is -0.465 e. The second-order valence-electron chi connectivity index (χ2n) is 6.09. The summed E-state index contributed by atoms with van der Waals surface area (Å²) in [6.45, 7) is 0.248. The van der Waals surface area contributed by atoms with Gasteiger partial charge in [-0.2, -0.15) is 0 Å². The molecule has 0 bridgehead atoms. The molecule has 6 nitrogen and oxygen atoms in total. The number of hydrogen-bond acceptors (Lipinski definition) is 6. The van der Waals surface area contributed by atoms with Crippen LogP contribution in [0.15, 0.2) is 0 Å². The van der Waals surface area contributed by atoms with Crippen LogP contribution < -0.4 is 0 Å². The molecule has 6 atom stereocenters. The van der Waals surface area contributed by atoms with Gasteiger partial charge in [-0.25, -0.2) is 0 Å².